The highest BCUT2D eigenvalue weighted by Crippen LogP contribution is 2.17. The smallest absolute Gasteiger partial charge is 0.138 e. The molecular formula is C17H22N2O. The van der Waals surface area contributed by atoms with E-state index in [-0.39, 0.29) is 0 Å². The fourth-order valence-electron chi connectivity index (χ4n) is 2.09. The molecule has 0 saturated carbocycles. The number of nitrogens with one attached hydrogen (secondary N) is 1. The summed E-state index contributed by atoms with van der Waals surface area (Å²) < 4.78 is 5.83. The Bertz CT molecular complexity index is 529. The maximum absolute atomic E-state index is 5.83. The lowest BCUT2D eigenvalue weighted by Crippen LogP contribution is -2.12. The van der Waals surface area contributed by atoms with Gasteiger partial charge in [-0.2, -0.15) is 0 Å². The van der Waals surface area contributed by atoms with Gasteiger partial charge in [0.25, 0.3) is 0 Å². The average Bonchev–Trinajstić information content (AvgIpc) is 2.46. The first kappa shape index (κ1) is 14.5. The molecule has 0 aliphatic rings. The first-order valence-corrected chi connectivity index (χ1v) is 7.04. The van der Waals surface area contributed by atoms with Crippen LogP contribution in [0.1, 0.15) is 29.3 Å². The zero-order valence-electron chi connectivity index (χ0n) is 12.4. The van der Waals surface area contributed by atoms with Crippen molar-refractivity contribution in [3.63, 3.8) is 0 Å². The van der Waals surface area contributed by atoms with Gasteiger partial charge in [0.05, 0.1) is 11.9 Å². The van der Waals surface area contributed by atoms with Crippen molar-refractivity contribution >= 4 is 0 Å². The lowest BCUT2D eigenvalue weighted by molar-refractivity contribution is 0.303. The molecule has 0 fully saturated rings. The highest BCUT2D eigenvalue weighted by Gasteiger charge is 2.03. The quantitative estimate of drug-likeness (QED) is 0.873. The first-order valence-electron chi connectivity index (χ1n) is 7.04. The molecular weight excluding hydrogens is 248 g/mol. The van der Waals surface area contributed by atoms with Gasteiger partial charge in [-0.1, -0.05) is 25.1 Å². The molecule has 0 saturated heterocycles. The number of pyridine rings is 1. The van der Waals surface area contributed by atoms with Gasteiger partial charge in [0.1, 0.15) is 12.4 Å². The van der Waals surface area contributed by atoms with Crippen LogP contribution in [0, 0.1) is 13.8 Å². The van der Waals surface area contributed by atoms with Gasteiger partial charge in [0, 0.05) is 6.54 Å². The zero-order chi connectivity index (χ0) is 14.4. The van der Waals surface area contributed by atoms with Gasteiger partial charge >= 0.3 is 0 Å². The van der Waals surface area contributed by atoms with E-state index < -0.39 is 0 Å². The molecule has 1 heterocycles. The molecule has 1 aromatic carbocycles. The van der Waals surface area contributed by atoms with Crippen LogP contribution in [-0.2, 0) is 13.2 Å². The Kier molecular flexibility index (Phi) is 5.13. The van der Waals surface area contributed by atoms with E-state index in [0.717, 1.165) is 24.5 Å². The standard InChI is InChI=1S/C17H22N2O/c1-4-18-10-15-8-9-16(11-19-15)20-12-17-13(2)6-5-7-14(17)3/h5-9,11,18H,4,10,12H2,1-3H3. The van der Waals surface area contributed by atoms with E-state index in [4.69, 9.17) is 4.74 Å². The summed E-state index contributed by atoms with van der Waals surface area (Å²) in [6, 6.07) is 10.3. The molecule has 3 heteroatoms. The minimum absolute atomic E-state index is 0.590. The van der Waals surface area contributed by atoms with Gasteiger partial charge in [-0.05, 0) is 49.2 Å². The number of aryl methyl sites for hydroxylation is 2. The predicted octanol–water partition coefficient (Wildman–Crippen LogP) is 3.39. The molecule has 0 unspecified atom stereocenters. The van der Waals surface area contributed by atoms with Crippen molar-refractivity contribution in [2.45, 2.75) is 33.9 Å². The van der Waals surface area contributed by atoms with Crippen molar-refractivity contribution in [2.75, 3.05) is 6.54 Å². The number of hydrogen-bond donors (Lipinski definition) is 1. The third kappa shape index (κ3) is 3.81. The van der Waals surface area contributed by atoms with E-state index in [1.807, 2.05) is 12.1 Å². The lowest BCUT2D eigenvalue weighted by atomic mass is 10.0. The Morgan fingerprint density at radius 2 is 1.85 bits per heavy atom. The summed E-state index contributed by atoms with van der Waals surface area (Å²) in [7, 11) is 0. The Balaban J connectivity index is 1.97. The molecule has 0 aliphatic carbocycles. The van der Waals surface area contributed by atoms with E-state index in [0.29, 0.717) is 6.61 Å². The molecule has 2 rings (SSSR count). The second-order valence-corrected chi connectivity index (χ2v) is 4.92. The van der Waals surface area contributed by atoms with Crippen molar-refractivity contribution in [1.29, 1.82) is 0 Å². The summed E-state index contributed by atoms with van der Waals surface area (Å²) in [5.41, 5.74) is 4.82. The third-order valence-electron chi connectivity index (χ3n) is 3.38. The maximum atomic E-state index is 5.83. The second kappa shape index (κ2) is 7.06. The first-order chi connectivity index (χ1) is 9.70. The van der Waals surface area contributed by atoms with Crippen molar-refractivity contribution in [3.8, 4) is 5.75 Å². The topological polar surface area (TPSA) is 34.1 Å². The highest BCUT2D eigenvalue weighted by atomic mass is 16.5. The van der Waals surface area contributed by atoms with Gasteiger partial charge < -0.3 is 10.1 Å². The van der Waals surface area contributed by atoms with Crippen LogP contribution in [0.3, 0.4) is 0 Å². The summed E-state index contributed by atoms with van der Waals surface area (Å²) in [4.78, 5) is 4.39. The molecule has 2 aromatic rings. The Labute approximate surface area is 121 Å². The van der Waals surface area contributed by atoms with Crippen LogP contribution in [-0.4, -0.2) is 11.5 Å². The number of rotatable bonds is 6. The SMILES string of the molecule is CCNCc1ccc(OCc2c(C)cccc2C)cn1. The second-order valence-electron chi connectivity index (χ2n) is 4.92. The summed E-state index contributed by atoms with van der Waals surface area (Å²) in [5.74, 6) is 0.813. The largest absolute Gasteiger partial charge is 0.487 e. The van der Waals surface area contributed by atoms with Crippen molar-refractivity contribution in [3.05, 3.63) is 58.9 Å². The molecule has 1 aromatic heterocycles. The van der Waals surface area contributed by atoms with Crippen molar-refractivity contribution in [1.82, 2.24) is 10.3 Å². The van der Waals surface area contributed by atoms with E-state index in [2.05, 4.69) is 49.3 Å². The van der Waals surface area contributed by atoms with Crippen LogP contribution in [0.2, 0.25) is 0 Å². The molecule has 106 valence electrons. The van der Waals surface area contributed by atoms with Gasteiger partial charge in [0.15, 0.2) is 0 Å². The number of aromatic nitrogens is 1. The minimum atomic E-state index is 0.590. The molecule has 0 bridgehead atoms. The summed E-state index contributed by atoms with van der Waals surface area (Å²) in [5, 5.41) is 3.25. The van der Waals surface area contributed by atoms with Crippen LogP contribution in [0.25, 0.3) is 0 Å². The predicted molar refractivity (Wildman–Crippen MR) is 81.9 cm³/mol. The van der Waals surface area contributed by atoms with Crippen molar-refractivity contribution < 1.29 is 4.74 Å². The molecule has 0 amide bonds. The summed E-state index contributed by atoms with van der Waals surface area (Å²) in [6.07, 6.45) is 1.79. The van der Waals surface area contributed by atoms with E-state index in [1.165, 1.54) is 16.7 Å². The zero-order valence-corrected chi connectivity index (χ0v) is 12.4. The molecule has 20 heavy (non-hydrogen) atoms. The molecule has 0 atom stereocenters. The summed E-state index contributed by atoms with van der Waals surface area (Å²) >= 11 is 0. The molecule has 1 N–H and O–H groups in total. The van der Waals surface area contributed by atoms with Crippen LogP contribution in [0.5, 0.6) is 5.75 Å². The van der Waals surface area contributed by atoms with Gasteiger partial charge in [-0.15, -0.1) is 0 Å². The average molecular weight is 270 g/mol. The normalized spacial score (nSPS) is 10.6. The molecule has 3 nitrogen and oxygen atoms in total. The molecule has 0 spiro atoms. The molecule has 0 radical (unpaired) electrons. The van der Waals surface area contributed by atoms with Crippen LogP contribution in [0.15, 0.2) is 36.5 Å². The Morgan fingerprint density at radius 1 is 1.10 bits per heavy atom. The van der Waals surface area contributed by atoms with Crippen molar-refractivity contribution in [2.24, 2.45) is 0 Å². The number of nitrogens with zero attached hydrogens (tertiary/aromatic N) is 1. The number of benzene rings is 1. The summed E-state index contributed by atoms with van der Waals surface area (Å²) in [6.45, 7) is 8.65. The monoisotopic (exact) mass is 270 g/mol. The van der Waals surface area contributed by atoms with Gasteiger partial charge in [-0.3, -0.25) is 4.98 Å². The fourth-order valence-corrected chi connectivity index (χ4v) is 2.09. The van der Waals surface area contributed by atoms with E-state index >= 15 is 0 Å². The highest BCUT2D eigenvalue weighted by molar-refractivity contribution is 5.33. The lowest BCUT2D eigenvalue weighted by Gasteiger charge is -2.11. The van der Waals surface area contributed by atoms with Crippen LogP contribution < -0.4 is 10.1 Å². The van der Waals surface area contributed by atoms with Gasteiger partial charge in [-0.25, -0.2) is 0 Å². The fraction of sp³-hybridized carbons (Fsp3) is 0.353. The minimum Gasteiger partial charge on any atom is -0.487 e. The Hall–Kier alpha value is -1.87. The number of hydrogen-bond acceptors (Lipinski definition) is 3. The van der Waals surface area contributed by atoms with Crippen LogP contribution in [0.4, 0.5) is 0 Å². The third-order valence-corrected chi connectivity index (χ3v) is 3.38. The van der Waals surface area contributed by atoms with E-state index in [9.17, 15) is 0 Å². The Morgan fingerprint density at radius 3 is 2.45 bits per heavy atom. The van der Waals surface area contributed by atoms with Crippen LogP contribution >= 0.6 is 0 Å². The van der Waals surface area contributed by atoms with E-state index in [1.54, 1.807) is 6.20 Å². The van der Waals surface area contributed by atoms with Gasteiger partial charge in [0.2, 0.25) is 0 Å². The number of ether oxygens (including phenoxy) is 1. The maximum Gasteiger partial charge on any atom is 0.138 e. The molecule has 0 aliphatic heterocycles.